The molecule has 76 valence electrons. The molecule has 3 nitrogen and oxygen atoms in total. The molecule has 3 heteroatoms. The quantitative estimate of drug-likeness (QED) is 0.759. The average molecular weight is 191 g/mol. The maximum absolute atomic E-state index is 5.78. The van der Waals surface area contributed by atoms with Crippen LogP contribution in [-0.2, 0) is 0 Å². The summed E-state index contributed by atoms with van der Waals surface area (Å²) in [5.74, 6) is 0.587. The van der Waals surface area contributed by atoms with Crippen molar-refractivity contribution in [1.82, 2.24) is 9.88 Å². The van der Waals surface area contributed by atoms with Crippen molar-refractivity contribution in [2.45, 2.75) is 12.5 Å². The first-order chi connectivity index (χ1) is 6.83. The smallest absolute Gasteiger partial charge is 0.0400 e. The lowest BCUT2D eigenvalue weighted by Gasteiger charge is -2.24. The molecule has 1 saturated heterocycles. The molecular formula is C11H17N3. The molecule has 1 aromatic heterocycles. The van der Waals surface area contributed by atoms with E-state index < -0.39 is 0 Å². The van der Waals surface area contributed by atoms with Gasteiger partial charge in [0.25, 0.3) is 0 Å². The van der Waals surface area contributed by atoms with Crippen molar-refractivity contribution >= 4 is 0 Å². The van der Waals surface area contributed by atoms with E-state index in [0.29, 0.717) is 12.0 Å². The molecule has 0 amide bonds. The van der Waals surface area contributed by atoms with Crippen LogP contribution in [0, 0.1) is 5.92 Å². The largest absolute Gasteiger partial charge is 0.330 e. The highest BCUT2D eigenvalue weighted by molar-refractivity contribution is 5.16. The van der Waals surface area contributed by atoms with Gasteiger partial charge >= 0.3 is 0 Å². The Morgan fingerprint density at radius 2 is 2.50 bits per heavy atom. The minimum Gasteiger partial charge on any atom is -0.330 e. The fraction of sp³-hybridized carbons (Fsp3) is 0.545. The molecule has 0 bridgehead atoms. The van der Waals surface area contributed by atoms with Crippen molar-refractivity contribution in [1.29, 1.82) is 0 Å². The van der Waals surface area contributed by atoms with E-state index >= 15 is 0 Å². The van der Waals surface area contributed by atoms with Crippen molar-refractivity contribution < 1.29 is 0 Å². The van der Waals surface area contributed by atoms with E-state index in [1.165, 1.54) is 12.0 Å². The van der Waals surface area contributed by atoms with Gasteiger partial charge in [0.1, 0.15) is 0 Å². The molecule has 0 aromatic carbocycles. The predicted molar refractivity (Wildman–Crippen MR) is 56.8 cm³/mol. The standard InChI is InChI=1S/C11H17N3/c1-14-6-4-9(7-12)11(14)10-3-2-5-13-8-10/h2-3,5,8-9,11H,4,6-7,12H2,1H3. The van der Waals surface area contributed by atoms with Crippen LogP contribution in [0.15, 0.2) is 24.5 Å². The summed E-state index contributed by atoms with van der Waals surface area (Å²) in [5, 5.41) is 0. The topological polar surface area (TPSA) is 42.1 Å². The van der Waals surface area contributed by atoms with Gasteiger partial charge in [-0.3, -0.25) is 9.88 Å². The summed E-state index contributed by atoms with van der Waals surface area (Å²) >= 11 is 0. The number of nitrogens with zero attached hydrogens (tertiary/aromatic N) is 2. The Morgan fingerprint density at radius 3 is 3.14 bits per heavy atom. The van der Waals surface area contributed by atoms with Gasteiger partial charge in [-0.2, -0.15) is 0 Å². The summed E-state index contributed by atoms with van der Waals surface area (Å²) in [6.45, 7) is 1.91. The number of hydrogen-bond donors (Lipinski definition) is 1. The molecule has 2 heterocycles. The lowest BCUT2D eigenvalue weighted by molar-refractivity contribution is 0.279. The average Bonchev–Trinajstić information content (AvgIpc) is 2.61. The summed E-state index contributed by atoms with van der Waals surface area (Å²) in [6, 6.07) is 4.60. The van der Waals surface area contributed by atoms with Crippen molar-refractivity contribution in [3.05, 3.63) is 30.1 Å². The molecular weight excluding hydrogens is 174 g/mol. The fourth-order valence-electron chi connectivity index (χ4n) is 2.35. The molecule has 1 aliphatic rings. The Morgan fingerprint density at radius 1 is 1.64 bits per heavy atom. The summed E-state index contributed by atoms with van der Waals surface area (Å²) in [7, 11) is 2.16. The normalized spacial score (nSPS) is 28.1. The predicted octanol–water partition coefficient (Wildman–Crippen LogP) is 1.03. The summed E-state index contributed by atoms with van der Waals surface area (Å²) < 4.78 is 0. The Balaban J connectivity index is 2.23. The van der Waals surface area contributed by atoms with Crippen LogP contribution in [0.3, 0.4) is 0 Å². The highest BCUT2D eigenvalue weighted by Crippen LogP contribution is 2.34. The van der Waals surface area contributed by atoms with Gasteiger partial charge in [-0.1, -0.05) is 6.07 Å². The molecule has 1 aliphatic heterocycles. The monoisotopic (exact) mass is 191 g/mol. The van der Waals surface area contributed by atoms with Crippen LogP contribution in [0.4, 0.5) is 0 Å². The second kappa shape index (κ2) is 4.07. The van der Waals surface area contributed by atoms with Gasteiger partial charge in [0.15, 0.2) is 0 Å². The van der Waals surface area contributed by atoms with E-state index in [1.807, 2.05) is 18.5 Å². The van der Waals surface area contributed by atoms with Gasteiger partial charge in [-0.15, -0.1) is 0 Å². The van der Waals surface area contributed by atoms with Crippen LogP contribution in [0.2, 0.25) is 0 Å². The Bertz CT molecular complexity index is 286. The zero-order chi connectivity index (χ0) is 9.97. The summed E-state index contributed by atoms with van der Waals surface area (Å²) in [5.41, 5.74) is 7.07. The zero-order valence-electron chi connectivity index (χ0n) is 8.56. The van der Waals surface area contributed by atoms with Crippen LogP contribution in [0.1, 0.15) is 18.0 Å². The van der Waals surface area contributed by atoms with E-state index in [0.717, 1.165) is 13.1 Å². The number of aromatic nitrogens is 1. The van der Waals surface area contributed by atoms with Crippen LogP contribution in [-0.4, -0.2) is 30.0 Å². The van der Waals surface area contributed by atoms with E-state index in [9.17, 15) is 0 Å². The number of hydrogen-bond acceptors (Lipinski definition) is 3. The maximum atomic E-state index is 5.78. The zero-order valence-corrected chi connectivity index (χ0v) is 8.56. The van der Waals surface area contributed by atoms with Gasteiger partial charge < -0.3 is 5.73 Å². The third-order valence-corrected chi connectivity index (χ3v) is 3.10. The van der Waals surface area contributed by atoms with Gasteiger partial charge in [-0.25, -0.2) is 0 Å². The highest BCUT2D eigenvalue weighted by atomic mass is 15.2. The lowest BCUT2D eigenvalue weighted by Crippen LogP contribution is -2.25. The number of nitrogens with two attached hydrogens (primary N) is 1. The molecule has 2 N–H and O–H groups in total. The first kappa shape index (κ1) is 9.62. The summed E-state index contributed by atoms with van der Waals surface area (Å²) in [4.78, 5) is 6.53. The van der Waals surface area contributed by atoms with E-state index in [-0.39, 0.29) is 0 Å². The van der Waals surface area contributed by atoms with Crippen molar-refractivity contribution in [2.24, 2.45) is 11.7 Å². The molecule has 0 aliphatic carbocycles. The van der Waals surface area contributed by atoms with Gasteiger partial charge in [-0.05, 0) is 44.1 Å². The number of rotatable bonds is 2. The molecule has 0 radical (unpaired) electrons. The molecule has 0 spiro atoms. The first-order valence-corrected chi connectivity index (χ1v) is 5.13. The number of pyridine rings is 1. The first-order valence-electron chi connectivity index (χ1n) is 5.13. The third kappa shape index (κ3) is 1.65. The van der Waals surface area contributed by atoms with E-state index in [2.05, 4.69) is 23.0 Å². The molecule has 2 atom stereocenters. The maximum Gasteiger partial charge on any atom is 0.0400 e. The van der Waals surface area contributed by atoms with Crippen molar-refractivity contribution in [3.63, 3.8) is 0 Å². The molecule has 1 aromatic rings. The molecule has 2 unspecified atom stereocenters. The van der Waals surface area contributed by atoms with Crippen LogP contribution < -0.4 is 5.73 Å². The van der Waals surface area contributed by atoms with Gasteiger partial charge in [0, 0.05) is 18.4 Å². The molecule has 2 rings (SSSR count). The molecule has 14 heavy (non-hydrogen) atoms. The Labute approximate surface area is 84.9 Å². The Kier molecular flexibility index (Phi) is 2.79. The molecule has 1 fully saturated rings. The second-order valence-corrected chi connectivity index (χ2v) is 4.00. The fourth-order valence-corrected chi connectivity index (χ4v) is 2.35. The summed E-state index contributed by atoms with van der Waals surface area (Å²) in [6.07, 6.45) is 4.97. The van der Waals surface area contributed by atoms with Crippen molar-refractivity contribution in [2.75, 3.05) is 20.1 Å². The second-order valence-electron chi connectivity index (χ2n) is 4.00. The van der Waals surface area contributed by atoms with Crippen LogP contribution in [0.25, 0.3) is 0 Å². The lowest BCUT2D eigenvalue weighted by atomic mass is 9.95. The third-order valence-electron chi connectivity index (χ3n) is 3.10. The minimum atomic E-state index is 0.466. The molecule has 0 saturated carbocycles. The van der Waals surface area contributed by atoms with E-state index in [1.54, 1.807) is 0 Å². The van der Waals surface area contributed by atoms with E-state index in [4.69, 9.17) is 5.73 Å². The van der Waals surface area contributed by atoms with Gasteiger partial charge in [0.05, 0.1) is 0 Å². The number of likely N-dealkylation sites (tertiary alicyclic amines) is 1. The van der Waals surface area contributed by atoms with Crippen LogP contribution >= 0.6 is 0 Å². The van der Waals surface area contributed by atoms with Crippen molar-refractivity contribution in [3.8, 4) is 0 Å². The SMILES string of the molecule is CN1CCC(CN)C1c1cccnc1. The Hall–Kier alpha value is -0.930. The highest BCUT2D eigenvalue weighted by Gasteiger charge is 2.31. The van der Waals surface area contributed by atoms with Crippen LogP contribution in [0.5, 0.6) is 0 Å². The van der Waals surface area contributed by atoms with Gasteiger partial charge in [0.2, 0.25) is 0 Å². The minimum absolute atomic E-state index is 0.466.